The molecule has 0 aliphatic carbocycles. The van der Waals surface area contributed by atoms with Crippen molar-refractivity contribution in [1.29, 1.82) is 0 Å². The number of likely N-dealkylation sites (N-methyl/N-ethyl adjacent to an activating group) is 1. The molecule has 0 spiro atoms. The highest BCUT2D eigenvalue weighted by atomic mass is 79.9. The Balaban J connectivity index is 1.79. The van der Waals surface area contributed by atoms with Crippen LogP contribution >= 0.6 is 15.9 Å². The molecule has 0 amide bonds. The van der Waals surface area contributed by atoms with Gasteiger partial charge in [0.1, 0.15) is 0 Å². The van der Waals surface area contributed by atoms with Gasteiger partial charge in [0, 0.05) is 34.3 Å². The molecule has 2 aromatic carbocycles. The van der Waals surface area contributed by atoms with Crippen LogP contribution in [-0.2, 0) is 5.60 Å². The molecule has 0 fully saturated rings. The maximum absolute atomic E-state index is 11.8. The summed E-state index contributed by atoms with van der Waals surface area (Å²) in [6.07, 6.45) is -1.08. The van der Waals surface area contributed by atoms with Gasteiger partial charge in [0.15, 0.2) is 11.8 Å². The van der Waals surface area contributed by atoms with E-state index in [1.807, 2.05) is 53.4 Å². The monoisotopic (exact) mass is 443 g/mol. The van der Waals surface area contributed by atoms with Gasteiger partial charge < -0.3 is 25.0 Å². The highest BCUT2D eigenvalue weighted by molar-refractivity contribution is 9.10. The summed E-state index contributed by atoms with van der Waals surface area (Å²) >= 11 is 3.60. The van der Waals surface area contributed by atoms with E-state index in [2.05, 4.69) is 39.7 Å². The third kappa shape index (κ3) is 2.95. The summed E-state index contributed by atoms with van der Waals surface area (Å²) in [4.78, 5) is 7.53. The average molecular weight is 444 g/mol. The molecular weight excluding hydrogens is 418 g/mol. The van der Waals surface area contributed by atoms with E-state index in [0.29, 0.717) is 17.8 Å². The number of nitrogens with one attached hydrogen (secondary N) is 1. The van der Waals surface area contributed by atoms with E-state index in [4.69, 9.17) is 0 Å². The number of benzene rings is 2. The fourth-order valence-corrected chi connectivity index (χ4v) is 4.86. The number of fused-ring (bicyclic) bond motifs is 2. The van der Waals surface area contributed by atoms with E-state index in [1.54, 1.807) is 0 Å². The van der Waals surface area contributed by atoms with Crippen molar-refractivity contribution in [3.8, 4) is 0 Å². The molecule has 148 valence electrons. The second kappa shape index (κ2) is 7.52. The average Bonchev–Trinajstić information content (AvgIpc) is 3.23. The molecule has 28 heavy (non-hydrogen) atoms. The largest absolute Gasteiger partial charge is 0.374 e. The van der Waals surface area contributed by atoms with Crippen molar-refractivity contribution in [1.82, 2.24) is 9.88 Å². The Morgan fingerprint density at radius 3 is 2.61 bits per heavy atom. The number of hydrogen-bond acceptors (Lipinski definition) is 4. The van der Waals surface area contributed by atoms with Crippen LogP contribution in [0, 0.1) is 0 Å². The van der Waals surface area contributed by atoms with Gasteiger partial charge >= 0.3 is 0 Å². The number of nitrogens with zero attached hydrogens (tertiary/aromatic N) is 2. The quantitative estimate of drug-likeness (QED) is 0.543. The molecule has 1 aromatic heterocycles. The van der Waals surface area contributed by atoms with Gasteiger partial charge in [-0.05, 0) is 42.7 Å². The van der Waals surface area contributed by atoms with E-state index in [9.17, 15) is 10.2 Å². The lowest BCUT2D eigenvalue weighted by molar-refractivity contribution is -0.0415. The van der Waals surface area contributed by atoms with Crippen molar-refractivity contribution >= 4 is 32.5 Å². The van der Waals surface area contributed by atoms with Crippen molar-refractivity contribution in [2.45, 2.75) is 25.7 Å². The normalized spacial score (nSPS) is 21.6. The predicted molar refractivity (Wildman–Crippen MR) is 117 cm³/mol. The Hall–Kier alpha value is -1.86. The molecule has 2 heterocycles. The van der Waals surface area contributed by atoms with Gasteiger partial charge in [-0.15, -0.1) is 0 Å². The molecule has 2 unspecified atom stereocenters. The van der Waals surface area contributed by atoms with Crippen molar-refractivity contribution < 1.29 is 10.2 Å². The van der Waals surface area contributed by atoms with Crippen LogP contribution in [0.3, 0.4) is 0 Å². The Bertz CT molecular complexity index is 952. The topological polar surface area (TPSA) is 62.7 Å². The zero-order chi connectivity index (χ0) is 19.9. The Morgan fingerprint density at radius 2 is 1.89 bits per heavy atom. The number of rotatable bonds is 6. The first kappa shape index (κ1) is 19.5. The number of aliphatic hydroxyl groups excluding tert-OH is 1. The molecule has 1 aliphatic heterocycles. The number of aromatic amines is 1. The van der Waals surface area contributed by atoms with Crippen LogP contribution in [-0.4, -0.2) is 52.5 Å². The second-order valence-electron chi connectivity index (χ2n) is 7.26. The van der Waals surface area contributed by atoms with Gasteiger partial charge in [0.2, 0.25) is 0 Å². The first-order valence-corrected chi connectivity index (χ1v) is 10.6. The van der Waals surface area contributed by atoms with Gasteiger partial charge in [-0.3, -0.25) is 0 Å². The standard InChI is InChI=1S/C22H26BrN3O2/c1-3-25(4-2)12-13-26-18-11-7-9-16(23)20(18)22(28,21(26)27)19-14-15-8-5-6-10-17(15)24-19/h5-11,14,21,24,27-28H,3-4,12-13H2,1-2H3. The SMILES string of the molecule is CCN(CC)CCN1c2cccc(Br)c2C(O)(c2cc3ccccc3[nH]2)C1O. The van der Waals surface area contributed by atoms with Crippen LogP contribution in [0.15, 0.2) is 53.0 Å². The van der Waals surface area contributed by atoms with Crippen molar-refractivity contribution in [2.75, 3.05) is 31.1 Å². The highest BCUT2D eigenvalue weighted by Gasteiger charge is 2.52. The first-order valence-electron chi connectivity index (χ1n) is 9.77. The van der Waals surface area contributed by atoms with Crippen LogP contribution in [0.5, 0.6) is 0 Å². The zero-order valence-corrected chi connectivity index (χ0v) is 17.8. The number of aromatic nitrogens is 1. The van der Waals surface area contributed by atoms with Crippen molar-refractivity contribution in [3.63, 3.8) is 0 Å². The van der Waals surface area contributed by atoms with E-state index >= 15 is 0 Å². The highest BCUT2D eigenvalue weighted by Crippen LogP contribution is 2.50. The molecule has 2 atom stereocenters. The van der Waals surface area contributed by atoms with Gasteiger partial charge in [0.25, 0.3) is 0 Å². The summed E-state index contributed by atoms with van der Waals surface area (Å²) in [6, 6.07) is 15.6. The smallest absolute Gasteiger partial charge is 0.177 e. The summed E-state index contributed by atoms with van der Waals surface area (Å²) in [7, 11) is 0. The predicted octanol–water partition coefficient (Wildman–Crippen LogP) is 3.65. The number of para-hydroxylation sites is 1. The molecule has 0 saturated heterocycles. The Kier molecular flexibility index (Phi) is 5.22. The van der Waals surface area contributed by atoms with E-state index < -0.39 is 11.8 Å². The minimum absolute atomic E-state index is 0.597. The number of anilines is 1. The molecule has 6 heteroatoms. The lowest BCUT2D eigenvalue weighted by Crippen LogP contribution is -2.48. The number of H-pyrrole nitrogens is 1. The van der Waals surface area contributed by atoms with Crippen LogP contribution in [0.4, 0.5) is 5.69 Å². The van der Waals surface area contributed by atoms with E-state index in [1.165, 1.54) is 0 Å². The van der Waals surface area contributed by atoms with Crippen LogP contribution in [0.2, 0.25) is 0 Å². The maximum atomic E-state index is 11.8. The number of halogens is 1. The van der Waals surface area contributed by atoms with Crippen molar-refractivity contribution in [3.05, 3.63) is 64.3 Å². The fourth-order valence-electron chi connectivity index (χ4n) is 4.20. The minimum atomic E-state index is -1.54. The fraction of sp³-hybridized carbons (Fsp3) is 0.364. The summed E-state index contributed by atoms with van der Waals surface area (Å²) in [6.45, 7) is 7.63. The minimum Gasteiger partial charge on any atom is -0.374 e. The third-order valence-electron chi connectivity index (χ3n) is 5.84. The lowest BCUT2D eigenvalue weighted by Gasteiger charge is -2.32. The van der Waals surface area contributed by atoms with Gasteiger partial charge in [-0.1, -0.05) is 54.0 Å². The van der Waals surface area contributed by atoms with Gasteiger partial charge in [-0.25, -0.2) is 0 Å². The van der Waals surface area contributed by atoms with Gasteiger partial charge in [0.05, 0.1) is 5.69 Å². The summed E-state index contributed by atoms with van der Waals surface area (Å²) in [5.41, 5.74) is 1.55. The zero-order valence-electron chi connectivity index (χ0n) is 16.2. The molecule has 0 saturated carbocycles. The maximum Gasteiger partial charge on any atom is 0.177 e. The van der Waals surface area contributed by atoms with Gasteiger partial charge in [-0.2, -0.15) is 0 Å². The van der Waals surface area contributed by atoms with E-state index in [-0.39, 0.29) is 0 Å². The summed E-state index contributed by atoms with van der Waals surface area (Å²) in [5.74, 6) is 0. The van der Waals surface area contributed by atoms with Crippen molar-refractivity contribution in [2.24, 2.45) is 0 Å². The van der Waals surface area contributed by atoms with Crippen LogP contribution in [0.1, 0.15) is 25.1 Å². The van der Waals surface area contributed by atoms with E-state index in [0.717, 1.165) is 40.7 Å². The molecule has 0 radical (unpaired) electrons. The molecule has 5 nitrogen and oxygen atoms in total. The summed E-state index contributed by atoms with van der Waals surface area (Å²) < 4.78 is 0.788. The van der Waals surface area contributed by atoms with Crippen LogP contribution in [0.25, 0.3) is 10.9 Å². The molecule has 1 aliphatic rings. The lowest BCUT2D eigenvalue weighted by atomic mass is 9.91. The Morgan fingerprint density at radius 1 is 1.14 bits per heavy atom. The molecule has 4 rings (SSSR count). The molecule has 3 N–H and O–H groups in total. The number of hydrogen-bond donors (Lipinski definition) is 3. The van der Waals surface area contributed by atoms with Crippen LogP contribution < -0.4 is 4.90 Å². The second-order valence-corrected chi connectivity index (χ2v) is 8.12. The molecule has 0 bridgehead atoms. The first-order chi connectivity index (χ1) is 13.5. The Labute approximate surface area is 173 Å². The third-order valence-corrected chi connectivity index (χ3v) is 6.50. The molecule has 3 aromatic rings. The molecular formula is C22H26BrN3O2. The summed E-state index contributed by atoms with van der Waals surface area (Å²) in [5, 5.41) is 24.2. The number of aliphatic hydroxyl groups is 2.